The number of phenols is 1. The number of phenolic OH excluding ortho intramolecular Hbond substituents is 1. The molecule has 2 amide bonds. The normalized spacial score (nSPS) is 20.6. The topological polar surface area (TPSA) is 104 Å². The third kappa shape index (κ3) is 3.88. The van der Waals surface area contributed by atoms with Gasteiger partial charge >= 0.3 is 0 Å². The summed E-state index contributed by atoms with van der Waals surface area (Å²) in [5.74, 6) is 0.118. The van der Waals surface area contributed by atoms with E-state index in [4.69, 9.17) is 9.47 Å². The first-order valence-electron chi connectivity index (χ1n) is 12.5. The molecule has 8 nitrogen and oxygen atoms in total. The minimum atomic E-state index is -1.04. The molecule has 1 unspecified atom stereocenters. The number of aromatic hydroxyl groups is 1. The van der Waals surface area contributed by atoms with Crippen molar-refractivity contribution < 1.29 is 24.2 Å². The highest BCUT2D eigenvalue weighted by molar-refractivity contribution is 6.03. The van der Waals surface area contributed by atoms with Crippen molar-refractivity contribution in [2.24, 2.45) is 0 Å². The van der Waals surface area contributed by atoms with Crippen LogP contribution in [0.3, 0.4) is 0 Å². The summed E-state index contributed by atoms with van der Waals surface area (Å²) in [5.41, 5.74) is 2.78. The van der Waals surface area contributed by atoms with Gasteiger partial charge in [-0.05, 0) is 54.6 Å². The van der Waals surface area contributed by atoms with E-state index in [0.717, 1.165) is 16.5 Å². The van der Waals surface area contributed by atoms with E-state index in [0.29, 0.717) is 42.7 Å². The lowest BCUT2D eigenvalue weighted by atomic mass is 10.0. The van der Waals surface area contributed by atoms with Gasteiger partial charge in [0.05, 0.1) is 31.9 Å². The van der Waals surface area contributed by atoms with Crippen LogP contribution in [0, 0.1) is 6.92 Å². The second-order valence-corrected chi connectivity index (χ2v) is 10.0. The van der Waals surface area contributed by atoms with Crippen LogP contribution in [0.2, 0.25) is 0 Å². The number of fused-ring (bicyclic) bond motifs is 4. The monoisotopic (exact) mass is 499 g/mol. The number of nitrogens with zero attached hydrogens (tertiary/aromatic N) is 1. The number of aromatic amines is 1. The molecule has 2 bridgehead atoms. The van der Waals surface area contributed by atoms with Crippen LogP contribution in [0.25, 0.3) is 21.7 Å². The van der Waals surface area contributed by atoms with Gasteiger partial charge in [0, 0.05) is 35.5 Å². The standard InChI is InChI=1S/C29H29N3O5/c1-17-6-7-24-21(10-17)19(14-31-24)8-9-30-28(35)29-13-20(15-37-29)32(16-29)27(34)23-11-18-4-3-5-25(33)22(18)12-26(23)36-2/h3-7,10-12,14,20,31,33H,8-9,13,15-16H2,1-2H3,(H,30,35)/t20?,29-/m1/s1. The number of benzene rings is 3. The van der Waals surface area contributed by atoms with Crippen molar-refractivity contribution in [3.8, 4) is 11.5 Å². The molecule has 1 aromatic heterocycles. The van der Waals surface area contributed by atoms with Crippen molar-refractivity contribution in [3.05, 3.63) is 71.4 Å². The van der Waals surface area contributed by atoms with Crippen molar-refractivity contribution in [2.75, 3.05) is 26.8 Å². The molecule has 37 heavy (non-hydrogen) atoms. The number of carbonyl (C=O) groups excluding carboxylic acids is 2. The van der Waals surface area contributed by atoms with Gasteiger partial charge in [-0.15, -0.1) is 0 Å². The zero-order valence-electron chi connectivity index (χ0n) is 20.8. The van der Waals surface area contributed by atoms with E-state index in [2.05, 4.69) is 35.4 Å². The van der Waals surface area contributed by atoms with Gasteiger partial charge in [-0.3, -0.25) is 9.59 Å². The molecule has 0 radical (unpaired) electrons. The summed E-state index contributed by atoms with van der Waals surface area (Å²) in [6.07, 6.45) is 3.15. The van der Waals surface area contributed by atoms with Crippen molar-refractivity contribution in [3.63, 3.8) is 0 Å². The Morgan fingerprint density at radius 1 is 1.22 bits per heavy atom. The fraction of sp³-hybridized carbons (Fsp3) is 0.310. The fourth-order valence-corrected chi connectivity index (χ4v) is 5.69. The smallest absolute Gasteiger partial charge is 0.258 e. The highest BCUT2D eigenvalue weighted by atomic mass is 16.5. The number of hydrogen-bond acceptors (Lipinski definition) is 5. The van der Waals surface area contributed by atoms with Crippen molar-refractivity contribution >= 4 is 33.5 Å². The second kappa shape index (κ2) is 8.81. The number of ether oxygens (including phenoxy) is 2. The molecule has 0 aliphatic carbocycles. The summed E-state index contributed by atoms with van der Waals surface area (Å²) < 4.78 is 11.5. The molecule has 0 spiro atoms. The number of hydrogen-bond donors (Lipinski definition) is 3. The molecule has 6 rings (SSSR count). The van der Waals surface area contributed by atoms with Crippen LogP contribution in [0.5, 0.6) is 11.5 Å². The van der Waals surface area contributed by atoms with E-state index >= 15 is 0 Å². The van der Waals surface area contributed by atoms with Crippen LogP contribution in [-0.4, -0.2) is 65.3 Å². The van der Waals surface area contributed by atoms with Gasteiger partial charge in [-0.1, -0.05) is 23.8 Å². The summed E-state index contributed by atoms with van der Waals surface area (Å²) in [4.78, 5) is 31.9. The van der Waals surface area contributed by atoms with Crippen LogP contribution >= 0.6 is 0 Å². The second-order valence-electron chi connectivity index (χ2n) is 10.0. The molecule has 2 saturated heterocycles. The van der Waals surface area contributed by atoms with E-state index in [1.165, 1.54) is 18.1 Å². The maximum Gasteiger partial charge on any atom is 0.258 e. The first-order chi connectivity index (χ1) is 17.9. The van der Waals surface area contributed by atoms with Gasteiger partial charge in [0.1, 0.15) is 11.5 Å². The highest BCUT2D eigenvalue weighted by Crippen LogP contribution is 2.40. The van der Waals surface area contributed by atoms with Gasteiger partial charge < -0.3 is 29.8 Å². The Kier molecular flexibility index (Phi) is 5.56. The minimum absolute atomic E-state index is 0.127. The van der Waals surface area contributed by atoms with Crippen LogP contribution in [-0.2, 0) is 16.0 Å². The molecule has 2 aliphatic heterocycles. The lowest BCUT2D eigenvalue weighted by Gasteiger charge is -2.32. The molecule has 3 N–H and O–H groups in total. The molecular weight excluding hydrogens is 470 g/mol. The lowest BCUT2D eigenvalue weighted by molar-refractivity contribution is -0.143. The summed E-state index contributed by atoms with van der Waals surface area (Å²) in [5, 5.41) is 15.8. The van der Waals surface area contributed by atoms with Gasteiger partial charge in [0.2, 0.25) is 0 Å². The number of carbonyl (C=O) groups is 2. The fourth-order valence-electron chi connectivity index (χ4n) is 5.69. The average molecular weight is 500 g/mol. The van der Waals surface area contributed by atoms with E-state index < -0.39 is 5.60 Å². The molecule has 4 aromatic rings. The average Bonchev–Trinajstić information content (AvgIpc) is 3.62. The number of amides is 2. The predicted molar refractivity (Wildman–Crippen MR) is 140 cm³/mol. The maximum absolute atomic E-state index is 13.6. The first kappa shape index (κ1) is 23.4. The number of aromatic nitrogens is 1. The zero-order chi connectivity index (χ0) is 25.7. The minimum Gasteiger partial charge on any atom is -0.507 e. The number of likely N-dealkylation sites (tertiary alicyclic amines) is 1. The molecule has 190 valence electrons. The van der Waals surface area contributed by atoms with Crippen LogP contribution in [0.15, 0.2) is 54.7 Å². The Balaban J connectivity index is 1.17. The van der Waals surface area contributed by atoms with Gasteiger partial charge in [0.15, 0.2) is 5.60 Å². The molecule has 2 fully saturated rings. The van der Waals surface area contributed by atoms with Gasteiger partial charge in [-0.2, -0.15) is 0 Å². The molecule has 2 aliphatic rings. The Labute approximate surface area is 214 Å². The van der Waals surface area contributed by atoms with Crippen molar-refractivity contribution in [2.45, 2.75) is 31.4 Å². The summed E-state index contributed by atoms with van der Waals surface area (Å²) in [7, 11) is 1.50. The van der Waals surface area contributed by atoms with Crippen LogP contribution < -0.4 is 10.1 Å². The number of nitrogens with one attached hydrogen (secondary N) is 2. The van der Waals surface area contributed by atoms with Crippen LogP contribution in [0.4, 0.5) is 0 Å². The third-order valence-electron chi connectivity index (χ3n) is 7.67. The van der Waals surface area contributed by atoms with E-state index in [9.17, 15) is 14.7 Å². The largest absolute Gasteiger partial charge is 0.507 e. The Hall–Kier alpha value is -4.04. The number of methoxy groups -OCH3 is 1. The van der Waals surface area contributed by atoms with Crippen LogP contribution in [0.1, 0.15) is 27.9 Å². The third-order valence-corrected chi connectivity index (χ3v) is 7.67. The summed E-state index contributed by atoms with van der Waals surface area (Å²) >= 11 is 0. The quantitative estimate of drug-likeness (QED) is 0.376. The van der Waals surface area contributed by atoms with E-state index in [1.807, 2.05) is 12.3 Å². The maximum atomic E-state index is 13.6. The SMILES string of the molecule is COc1cc2c(O)cccc2cc1C(=O)N1C[C@@]2(C(=O)NCCc3c[nH]c4ccc(C)cc34)CC1CO2. The number of rotatable bonds is 6. The Bertz CT molecular complexity index is 1540. The van der Waals surface area contributed by atoms with Gasteiger partial charge in [-0.25, -0.2) is 0 Å². The first-order valence-corrected chi connectivity index (χ1v) is 12.5. The number of H-pyrrole nitrogens is 1. The lowest BCUT2D eigenvalue weighted by Crippen LogP contribution is -2.53. The Morgan fingerprint density at radius 2 is 2.08 bits per heavy atom. The molecule has 8 heteroatoms. The van der Waals surface area contributed by atoms with Gasteiger partial charge in [0.25, 0.3) is 11.8 Å². The summed E-state index contributed by atoms with van der Waals surface area (Å²) in [6, 6.07) is 14.7. The summed E-state index contributed by atoms with van der Waals surface area (Å²) in [6.45, 7) is 3.05. The number of morpholine rings is 1. The van der Waals surface area contributed by atoms with E-state index in [1.54, 1.807) is 29.2 Å². The predicted octanol–water partition coefficient (Wildman–Crippen LogP) is 3.69. The Morgan fingerprint density at radius 3 is 2.92 bits per heavy atom. The van der Waals surface area contributed by atoms with E-state index in [-0.39, 0.29) is 30.2 Å². The molecule has 0 saturated carbocycles. The van der Waals surface area contributed by atoms with Crippen molar-refractivity contribution in [1.29, 1.82) is 0 Å². The molecule has 3 aromatic carbocycles. The zero-order valence-corrected chi connectivity index (χ0v) is 20.8. The molecule has 2 atom stereocenters. The molecule has 3 heterocycles. The molecular formula is C29H29N3O5. The number of aryl methyl sites for hydroxylation is 1. The van der Waals surface area contributed by atoms with Crippen molar-refractivity contribution in [1.82, 2.24) is 15.2 Å². The highest BCUT2D eigenvalue weighted by Gasteiger charge is 2.57.